The topological polar surface area (TPSA) is 65.5 Å². The molecule has 0 unspecified atom stereocenters. The van der Waals surface area contributed by atoms with Gasteiger partial charge in [0.25, 0.3) is 0 Å². The van der Waals surface area contributed by atoms with E-state index in [1.54, 1.807) is 5.38 Å². The van der Waals surface area contributed by atoms with Gasteiger partial charge in [-0.2, -0.15) is 0 Å². The first-order valence-electron chi connectivity index (χ1n) is 10.0. The number of hydrogen-bond donors (Lipinski definition) is 1. The summed E-state index contributed by atoms with van der Waals surface area (Å²) in [5, 5.41) is 5.93. The fraction of sp³-hybridized carbons (Fsp3) is 0.476. The van der Waals surface area contributed by atoms with Crippen molar-refractivity contribution in [1.82, 2.24) is 20.1 Å². The lowest BCUT2D eigenvalue weighted by Gasteiger charge is -2.33. The second kappa shape index (κ2) is 8.69. The lowest BCUT2D eigenvalue weighted by atomic mass is 10.1. The van der Waals surface area contributed by atoms with Gasteiger partial charge in [0.2, 0.25) is 11.7 Å². The van der Waals surface area contributed by atoms with E-state index < -0.39 is 0 Å². The minimum atomic E-state index is -0.375. The molecule has 1 N–H and O–H groups in total. The van der Waals surface area contributed by atoms with Gasteiger partial charge in [0.1, 0.15) is 16.5 Å². The normalized spacial score (nSPS) is 22.8. The highest BCUT2D eigenvalue weighted by Gasteiger charge is 2.33. The van der Waals surface area contributed by atoms with Gasteiger partial charge in [-0.05, 0) is 44.0 Å². The molecule has 154 valence electrons. The molecule has 0 radical (unpaired) electrons. The van der Waals surface area contributed by atoms with Crippen LogP contribution in [-0.2, 0) is 4.79 Å². The molecule has 2 aromatic rings. The number of ketones is 1. The summed E-state index contributed by atoms with van der Waals surface area (Å²) >= 11 is 1.42. The predicted molar refractivity (Wildman–Crippen MR) is 110 cm³/mol. The fourth-order valence-electron chi connectivity index (χ4n) is 4.05. The second-order valence-electron chi connectivity index (χ2n) is 7.74. The molecule has 2 fully saturated rings. The van der Waals surface area contributed by atoms with Crippen molar-refractivity contribution in [2.24, 2.45) is 0 Å². The molecule has 2 saturated heterocycles. The zero-order chi connectivity index (χ0) is 20.4. The minimum Gasteiger partial charge on any atom is -0.332 e. The Balaban J connectivity index is 1.44. The van der Waals surface area contributed by atoms with Crippen molar-refractivity contribution in [3.63, 3.8) is 0 Å². The summed E-state index contributed by atoms with van der Waals surface area (Å²) in [4.78, 5) is 34.2. The van der Waals surface area contributed by atoms with Crippen molar-refractivity contribution in [3.8, 4) is 0 Å². The van der Waals surface area contributed by atoms with E-state index >= 15 is 0 Å². The van der Waals surface area contributed by atoms with Crippen LogP contribution < -0.4 is 5.32 Å². The molecule has 0 saturated carbocycles. The Kier molecular flexibility index (Phi) is 6.03. The van der Waals surface area contributed by atoms with Gasteiger partial charge in [-0.1, -0.05) is 0 Å². The molecule has 1 amide bonds. The number of amides is 1. The number of rotatable bonds is 5. The fourth-order valence-corrected chi connectivity index (χ4v) is 5.00. The van der Waals surface area contributed by atoms with E-state index in [4.69, 9.17) is 0 Å². The molecule has 0 bridgehead atoms. The zero-order valence-corrected chi connectivity index (χ0v) is 17.3. The van der Waals surface area contributed by atoms with Gasteiger partial charge in [0.15, 0.2) is 0 Å². The van der Waals surface area contributed by atoms with Crippen LogP contribution in [0.3, 0.4) is 0 Å². The van der Waals surface area contributed by atoms with E-state index in [1.165, 1.54) is 35.6 Å². The molecule has 6 nitrogen and oxygen atoms in total. The highest BCUT2D eigenvalue weighted by molar-refractivity contribution is 7.10. The van der Waals surface area contributed by atoms with Crippen molar-refractivity contribution in [2.45, 2.75) is 31.8 Å². The maximum atomic E-state index is 13.1. The molecule has 0 spiro atoms. The van der Waals surface area contributed by atoms with Gasteiger partial charge in [0.05, 0.1) is 12.6 Å². The summed E-state index contributed by atoms with van der Waals surface area (Å²) in [5.74, 6) is -0.471. The van der Waals surface area contributed by atoms with Gasteiger partial charge in [-0.15, -0.1) is 11.3 Å². The molecule has 8 heteroatoms. The van der Waals surface area contributed by atoms with Crippen LogP contribution in [0.4, 0.5) is 4.39 Å². The number of aromatic nitrogens is 1. The van der Waals surface area contributed by atoms with Crippen LogP contribution in [0.15, 0.2) is 29.6 Å². The monoisotopic (exact) mass is 416 g/mol. The standard InChI is InChI=1S/C21H25FN4O2S/c1-14-11-25(10-8-23-14)12-19(27)26-9-2-3-18(26)21-24-17(13-29-21)20(28)15-4-6-16(22)7-5-15/h4-7,13-14,18,23H,2-3,8-12H2,1H3/t14-,18+/m1/s1. The van der Waals surface area contributed by atoms with Crippen molar-refractivity contribution in [2.75, 3.05) is 32.7 Å². The smallest absolute Gasteiger partial charge is 0.237 e. The van der Waals surface area contributed by atoms with Crippen LogP contribution in [0.2, 0.25) is 0 Å². The molecular weight excluding hydrogens is 391 g/mol. The molecule has 3 heterocycles. The summed E-state index contributed by atoms with van der Waals surface area (Å²) in [6.45, 7) is 5.94. The summed E-state index contributed by atoms with van der Waals surface area (Å²) in [6.07, 6.45) is 1.80. The molecule has 2 aliphatic rings. The quantitative estimate of drug-likeness (QED) is 0.759. The van der Waals surface area contributed by atoms with Crippen LogP contribution in [0, 0.1) is 5.82 Å². The van der Waals surface area contributed by atoms with E-state index in [2.05, 4.69) is 22.1 Å². The van der Waals surface area contributed by atoms with E-state index in [0.29, 0.717) is 23.8 Å². The lowest BCUT2D eigenvalue weighted by Crippen LogP contribution is -2.52. The first-order valence-corrected chi connectivity index (χ1v) is 10.9. The van der Waals surface area contributed by atoms with Crippen LogP contribution >= 0.6 is 11.3 Å². The van der Waals surface area contributed by atoms with E-state index in [0.717, 1.165) is 44.0 Å². The van der Waals surface area contributed by atoms with Gasteiger partial charge in [0, 0.05) is 43.2 Å². The SMILES string of the molecule is C[C@@H]1CN(CC(=O)N2CCC[C@H]2c2nc(C(=O)c3ccc(F)cc3)cs2)CCN1. The predicted octanol–water partition coefficient (Wildman–Crippen LogP) is 2.47. The van der Waals surface area contributed by atoms with Crippen molar-refractivity contribution in [3.05, 3.63) is 51.7 Å². The molecule has 0 aliphatic carbocycles. The summed E-state index contributed by atoms with van der Waals surface area (Å²) in [5.41, 5.74) is 0.766. The second-order valence-corrected chi connectivity index (χ2v) is 8.63. The number of halogens is 1. The maximum absolute atomic E-state index is 13.1. The Morgan fingerprint density at radius 3 is 2.83 bits per heavy atom. The van der Waals surface area contributed by atoms with Crippen LogP contribution in [0.1, 0.15) is 46.9 Å². The van der Waals surface area contributed by atoms with Crippen LogP contribution in [0.5, 0.6) is 0 Å². The van der Waals surface area contributed by atoms with Crippen molar-refractivity contribution in [1.29, 1.82) is 0 Å². The minimum absolute atomic E-state index is 0.0670. The summed E-state index contributed by atoms with van der Waals surface area (Å²) < 4.78 is 13.1. The van der Waals surface area contributed by atoms with Gasteiger partial charge in [-0.3, -0.25) is 14.5 Å². The average molecular weight is 417 g/mol. The zero-order valence-electron chi connectivity index (χ0n) is 16.4. The van der Waals surface area contributed by atoms with Gasteiger partial charge in [-0.25, -0.2) is 9.37 Å². The Labute approximate surface area is 173 Å². The number of likely N-dealkylation sites (tertiary alicyclic amines) is 1. The largest absolute Gasteiger partial charge is 0.332 e. The molecule has 2 aliphatic heterocycles. The van der Waals surface area contributed by atoms with Gasteiger partial charge < -0.3 is 10.2 Å². The highest BCUT2D eigenvalue weighted by atomic mass is 32.1. The third kappa shape index (κ3) is 4.55. The third-order valence-corrected chi connectivity index (χ3v) is 6.48. The first-order chi connectivity index (χ1) is 14.0. The molecule has 1 aromatic carbocycles. The van der Waals surface area contributed by atoms with Gasteiger partial charge >= 0.3 is 0 Å². The Bertz CT molecular complexity index is 885. The van der Waals surface area contributed by atoms with E-state index in [-0.39, 0.29) is 23.5 Å². The third-order valence-electron chi connectivity index (χ3n) is 5.53. The summed E-state index contributed by atoms with van der Waals surface area (Å²) in [7, 11) is 0. The molecule has 29 heavy (non-hydrogen) atoms. The number of piperazine rings is 1. The Morgan fingerprint density at radius 2 is 2.07 bits per heavy atom. The highest BCUT2D eigenvalue weighted by Crippen LogP contribution is 2.34. The Morgan fingerprint density at radius 1 is 1.28 bits per heavy atom. The maximum Gasteiger partial charge on any atom is 0.237 e. The number of carbonyl (C=O) groups excluding carboxylic acids is 2. The number of thiazole rings is 1. The summed E-state index contributed by atoms with van der Waals surface area (Å²) in [6, 6.07) is 5.81. The lowest BCUT2D eigenvalue weighted by molar-refractivity contribution is -0.133. The molecule has 1 aromatic heterocycles. The number of benzene rings is 1. The van der Waals surface area contributed by atoms with E-state index in [1.807, 2.05) is 4.90 Å². The first kappa shape index (κ1) is 20.1. The number of hydrogen-bond acceptors (Lipinski definition) is 6. The van der Waals surface area contributed by atoms with Crippen LogP contribution in [-0.4, -0.2) is 65.2 Å². The molecule has 4 rings (SSSR count). The Hall–Kier alpha value is -2.16. The molecule has 2 atom stereocenters. The average Bonchev–Trinajstić information content (AvgIpc) is 3.37. The van der Waals surface area contributed by atoms with Crippen LogP contribution in [0.25, 0.3) is 0 Å². The number of nitrogens with one attached hydrogen (secondary N) is 1. The van der Waals surface area contributed by atoms with Crippen molar-refractivity contribution >= 4 is 23.0 Å². The molecular formula is C21H25FN4O2S. The van der Waals surface area contributed by atoms with Crippen molar-refractivity contribution < 1.29 is 14.0 Å². The number of nitrogens with zero attached hydrogens (tertiary/aromatic N) is 3. The number of carbonyl (C=O) groups is 2. The van der Waals surface area contributed by atoms with E-state index in [9.17, 15) is 14.0 Å².